The molecule has 0 bridgehead atoms. The molecular weight excluding hydrogens is 279 g/mol. The van der Waals surface area contributed by atoms with Crippen LogP contribution in [0, 0.1) is 5.82 Å². The fourth-order valence-corrected chi connectivity index (χ4v) is 1.50. The van der Waals surface area contributed by atoms with E-state index in [1.54, 1.807) is 19.9 Å². The summed E-state index contributed by atoms with van der Waals surface area (Å²) in [7, 11) is 0. The van der Waals surface area contributed by atoms with Crippen LogP contribution in [-0.2, 0) is 9.53 Å². The van der Waals surface area contributed by atoms with E-state index in [9.17, 15) is 9.18 Å². The summed E-state index contributed by atoms with van der Waals surface area (Å²) < 4.78 is 23.4. The fraction of sp³-hybridized carbons (Fsp3) is 0.364. The smallest absolute Gasteiger partial charge is 0.344 e. The van der Waals surface area contributed by atoms with E-state index in [-0.39, 0.29) is 18.5 Å². The van der Waals surface area contributed by atoms with Crippen LogP contribution in [0.1, 0.15) is 13.8 Å². The Morgan fingerprint density at radius 2 is 2.12 bits per heavy atom. The molecule has 0 saturated carbocycles. The quantitative estimate of drug-likeness (QED) is 0.800. The molecule has 0 aromatic heterocycles. The van der Waals surface area contributed by atoms with E-state index in [0.29, 0.717) is 4.47 Å². The Balaban J connectivity index is 2.51. The lowest BCUT2D eigenvalue weighted by Crippen LogP contribution is -2.18. The minimum atomic E-state index is -0.476. The summed E-state index contributed by atoms with van der Waals surface area (Å²) in [5.41, 5.74) is 0. The first kappa shape index (κ1) is 13.0. The Bertz CT molecular complexity index is 359. The molecule has 0 spiro atoms. The normalized spacial score (nSPS) is 10.3. The van der Waals surface area contributed by atoms with Gasteiger partial charge in [-0.15, -0.1) is 0 Å². The Morgan fingerprint density at radius 1 is 1.44 bits per heavy atom. The van der Waals surface area contributed by atoms with Crippen LogP contribution >= 0.6 is 15.9 Å². The number of halogens is 2. The van der Waals surface area contributed by atoms with Gasteiger partial charge in [-0.3, -0.25) is 0 Å². The molecule has 0 aliphatic heterocycles. The molecule has 0 heterocycles. The van der Waals surface area contributed by atoms with Crippen LogP contribution in [0.3, 0.4) is 0 Å². The third kappa shape index (κ3) is 4.61. The minimum Gasteiger partial charge on any atom is -0.482 e. The average Bonchev–Trinajstić information content (AvgIpc) is 2.12. The molecule has 88 valence electrons. The molecule has 0 atom stereocenters. The lowest BCUT2D eigenvalue weighted by molar-refractivity contribution is -0.149. The lowest BCUT2D eigenvalue weighted by atomic mass is 10.3. The molecule has 0 aliphatic carbocycles. The maximum Gasteiger partial charge on any atom is 0.344 e. The van der Waals surface area contributed by atoms with Gasteiger partial charge in [-0.25, -0.2) is 9.18 Å². The van der Waals surface area contributed by atoms with E-state index in [0.717, 1.165) is 0 Å². The summed E-state index contributed by atoms with van der Waals surface area (Å²) in [6, 6.07) is 4.08. The molecule has 0 aliphatic rings. The van der Waals surface area contributed by atoms with Gasteiger partial charge in [0.15, 0.2) is 6.61 Å². The summed E-state index contributed by atoms with van der Waals surface area (Å²) in [5, 5.41) is 0. The van der Waals surface area contributed by atoms with Crippen molar-refractivity contribution < 1.29 is 18.7 Å². The topological polar surface area (TPSA) is 35.5 Å². The molecule has 3 nitrogen and oxygen atoms in total. The van der Waals surface area contributed by atoms with Crippen molar-refractivity contribution in [2.45, 2.75) is 20.0 Å². The number of carbonyl (C=O) groups excluding carboxylic acids is 1. The molecule has 0 unspecified atom stereocenters. The SMILES string of the molecule is CC(C)OC(=O)COc1cc(F)cc(Br)c1. The maximum atomic E-state index is 12.9. The molecular formula is C11H12BrFO3. The highest BCUT2D eigenvalue weighted by atomic mass is 79.9. The van der Waals surface area contributed by atoms with Crippen molar-refractivity contribution in [1.29, 1.82) is 0 Å². The highest BCUT2D eigenvalue weighted by Crippen LogP contribution is 2.20. The van der Waals surface area contributed by atoms with Gasteiger partial charge in [-0.05, 0) is 26.0 Å². The van der Waals surface area contributed by atoms with Gasteiger partial charge in [-0.2, -0.15) is 0 Å². The summed E-state index contributed by atoms with van der Waals surface area (Å²) in [5.74, 6) is -0.621. The zero-order valence-electron chi connectivity index (χ0n) is 9.00. The van der Waals surface area contributed by atoms with E-state index in [2.05, 4.69) is 15.9 Å². The van der Waals surface area contributed by atoms with Crippen molar-refractivity contribution in [3.05, 3.63) is 28.5 Å². The van der Waals surface area contributed by atoms with Crippen molar-refractivity contribution >= 4 is 21.9 Å². The van der Waals surface area contributed by atoms with Gasteiger partial charge >= 0.3 is 5.97 Å². The predicted octanol–water partition coefficient (Wildman–Crippen LogP) is 2.92. The van der Waals surface area contributed by atoms with Crippen LogP contribution in [0.5, 0.6) is 5.75 Å². The van der Waals surface area contributed by atoms with Crippen molar-refractivity contribution in [1.82, 2.24) is 0 Å². The van der Waals surface area contributed by atoms with Gasteiger partial charge in [0.1, 0.15) is 11.6 Å². The summed E-state index contributed by atoms with van der Waals surface area (Å²) in [6.45, 7) is 3.27. The number of hydrogen-bond acceptors (Lipinski definition) is 3. The molecule has 0 radical (unpaired) electrons. The standard InChI is InChI=1S/C11H12BrFO3/c1-7(2)16-11(14)6-15-10-4-8(12)3-9(13)5-10/h3-5,7H,6H2,1-2H3. The fourth-order valence-electron chi connectivity index (χ4n) is 1.05. The molecule has 1 aromatic rings. The summed E-state index contributed by atoms with van der Waals surface area (Å²) in [6.07, 6.45) is -0.185. The summed E-state index contributed by atoms with van der Waals surface area (Å²) >= 11 is 3.12. The third-order valence-electron chi connectivity index (χ3n) is 1.56. The molecule has 0 N–H and O–H groups in total. The maximum absolute atomic E-state index is 12.9. The van der Waals surface area contributed by atoms with Crippen molar-refractivity contribution in [2.24, 2.45) is 0 Å². The number of esters is 1. The molecule has 5 heteroatoms. The molecule has 0 fully saturated rings. The van der Waals surface area contributed by atoms with Gasteiger partial charge in [0.05, 0.1) is 6.10 Å². The number of ether oxygens (including phenoxy) is 2. The van der Waals surface area contributed by atoms with Crippen LogP contribution in [0.25, 0.3) is 0 Å². The van der Waals surface area contributed by atoms with Crippen LogP contribution in [-0.4, -0.2) is 18.7 Å². The van der Waals surface area contributed by atoms with E-state index in [4.69, 9.17) is 9.47 Å². The van der Waals surface area contributed by atoms with Gasteiger partial charge in [0.2, 0.25) is 0 Å². The molecule has 1 rings (SSSR count). The second kappa shape index (κ2) is 5.84. The van der Waals surface area contributed by atoms with Crippen molar-refractivity contribution in [2.75, 3.05) is 6.61 Å². The zero-order valence-corrected chi connectivity index (χ0v) is 10.6. The molecule has 1 aromatic carbocycles. The largest absolute Gasteiger partial charge is 0.482 e. The number of rotatable bonds is 4. The van der Waals surface area contributed by atoms with E-state index >= 15 is 0 Å². The molecule has 16 heavy (non-hydrogen) atoms. The highest BCUT2D eigenvalue weighted by molar-refractivity contribution is 9.10. The number of carbonyl (C=O) groups is 1. The monoisotopic (exact) mass is 290 g/mol. The molecule has 0 saturated heterocycles. The first-order chi connectivity index (χ1) is 7.47. The minimum absolute atomic E-state index is 0.185. The van der Waals surface area contributed by atoms with E-state index in [1.807, 2.05) is 0 Å². The Morgan fingerprint density at radius 3 is 2.69 bits per heavy atom. The Labute approximate surface area is 102 Å². The van der Waals surface area contributed by atoms with Crippen LogP contribution < -0.4 is 4.74 Å². The predicted molar refractivity (Wildman–Crippen MR) is 60.8 cm³/mol. The lowest BCUT2D eigenvalue weighted by Gasteiger charge is -2.09. The second-order valence-corrected chi connectivity index (χ2v) is 4.35. The van der Waals surface area contributed by atoms with E-state index in [1.165, 1.54) is 12.1 Å². The van der Waals surface area contributed by atoms with Crippen LogP contribution in [0.4, 0.5) is 4.39 Å². The number of benzene rings is 1. The zero-order chi connectivity index (χ0) is 12.1. The first-order valence-corrected chi connectivity index (χ1v) is 5.55. The van der Waals surface area contributed by atoms with Gasteiger partial charge in [0.25, 0.3) is 0 Å². The number of hydrogen-bond donors (Lipinski definition) is 0. The van der Waals surface area contributed by atoms with Crippen molar-refractivity contribution in [3.63, 3.8) is 0 Å². The van der Waals surface area contributed by atoms with Gasteiger partial charge < -0.3 is 9.47 Å². The van der Waals surface area contributed by atoms with Crippen LogP contribution in [0.15, 0.2) is 22.7 Å². The highest BCUT2D eigenvalue weighted by Gasteiger charge is 2.07. The van der Waals surface area contributed by atoms with Crippen molar-refractivity contribution in [3.8, 4) is 5.75 Å². The average molecular weight is 291 g/mol. The Hall–Kier alpha value is -1.10. The summed E-state index contributed by atoms with van der Waals surface area (Å²) in [4.78, 5) is 11.1. The van der Waals surface area contributed by atoms with E-state index < -0.39 is 11.8 Å². The Kier molecular flexibility index (Phi) is 4.73. The second-order valence-electron chi connectivity index (χ2n) is 3.43. The molecule has 0 amide bonds. The van der Waals surface area contributed by atoms with Crippen LogP contribution in [0.2, 0.25) is 0 Å². The first-order valence-electron chi connectivity index (χ1n) is 4.76. The third-order valence-corrected chi connectivity index (χ3v) is 2.02. The van der Waals surface area contributed by atoms with Gasteiger partial charge in [-0.1, -0.05) is 15.9 Å². The van der Waals surface area contributed by atoms with Gasteiger partial charge in [0, 0.05) is 10.5 Å².